The van der Waals surface area contributed by atoms with E-state index in [1.807, 2.05) is 0 Å². The van der Waals surface area contributed by atoms with Gasteiger partial charge in [-0.3, -0.25) is 24.0 Å². The molecule has 2 saturated heterocycles. The fourth-order valence-electron chi connectivity index (χ4n) is 6.34. The molecule has 16 heteroatoms. The molecule has 3 aliphatic rings. The van der Waals surface area contributed by atoms with E-state index in [1.165, 1.54) is 39.0 Å². The Hall–Kier alpha value is -5.02. The second-order valence-corrected chi connectivity index (χ2v) is 12.7. The molecule has 1 aliphatic carbocycles. The summed E-state index contributed by atoms with van der Waals surface area (Å²) in [6.07, 6.45) is 3.42. The summed E-state index contributed by atoms with van der Waals surface area (Å²) in [5.74, 6) is -2.95. The number of piperazine rings is 1. The van der Waals surface area contributed by atoms with Crippen LogP contribution in [0.5, 0.6) is 5.75 Å². The molecule has 2 N–H and O–H groups in total. The molecule has 0 radical (unpaired) electrons. The Morgan fingerprint density at radius 1 is 0.922 bits per heavy atom. The van der Waals surface area contributed by atoms with E-state index in [0.717, 1.165) is 19.3 Å². The molecule has 5 rings (SSSR count). The van der Waals surface area contributed by atoms with Crippen LogP contribution in [0, 0.1) is 5.82 Å². The number of esters is 1. The maximum Gasteiger partial charge on any atom is 0.409 e. The second kappa shape index (κ2) is 17.3. The number of nitrogens with one attached hydrogen (secondary N) is 2. The van der Waals surface area contributed by atoms with Crippen LogP contribution in [0.25, 0.3) is 10.9 Å². The zero-order valence-corrected chi connectivity index (χ0v) is 29.0. The van der Waals surface area contributed by atoms with Crippen LogP contribution in [0.4, 0.5) is 9.18 Å². The van der Waals surface area contributed by atoms with Gasteiger partial charge in [0.15, 0.2) is 6.61 Å². The Bertz CT molecular complexity index is 1630. The summed E-state index contributed by atoms with van der Waals surface area (Å²) in [7, 11) is 0. The van der Waals surface area contributed by atoms with Gasteiger partial charge in [0.05, 0.1) is 18.7 Å². The number of hydrogen-bond acceptors (Lipinski definition) is 10. The summed E-state index contributed by atoms with van der Waals surface area (Å²) in [5.41, 5.74) is 0.0338. The van der Waals surface area contributed by atoms with E-state index in [4.69, 9.17) is 14.2 Å². The van der Waals surface area contributed by atoms with Gasteiger partial charge < -0.3 is 39.5 Å². The average molecular weight is 713 g/mol. The first kappa shape index (κ1) is 37.2. The molecule has 51 heavy (non-hydrogen) atoms. The summed E-state index contributed by atoms with van der Waals surface area (Å²) in [5, 5.41) is 5.90. The SMILES string of the molecule is CCOC(=O)CCC(NC(=O)c1cc(OCC(=O)N2CCCC2C(=O)NC2CCC2)c2cc(F)ccc2n1)C(=O)N1CCN(C(=O)OCC)CC1. The fraction of sp³-hybridized carbons (Fsp3) is 0.571. The number of halogens is 1. The number of rotatable bonds is 13. The first-order valence-electron chi connectivity index (χ1n) is 17.6. The van der Waals surface area contributed by atoms with Crippen LogP contribution < -0.4 is 15.4 Å². The molecular weight excluding hydrogens is 667 g/mol. The molecule has 2 unspecified atom stereocenters. The third-order valence-electron chi connectivity index (χ3n) is 9.31. The quantitative estimate of drug-likeness (QED) is 0.293. The van der Waals surface area contributed by atoms with Gasteiger partial charge in [-0.25, -0.2) is 14.2 Å². The van der Waals surface area contributed by atoms with Gasteiger partial charge in [0.1, 0.15) is 29.3 Å². The number of ether oxygens (including phenoxy) is 3. The molecule has 1 saturated carbocycles. The van der Waals surface area contributed by atoms with E-state index in [9.17, 15) is 33.2 Å². The van der Waals surface area contributed by atoms with Gasteiger partial charge in [0.25, 0.3) is 11.8 Å². The van der Waals surface area contributed by atoms with E-state index >= 15 is 0 Å². The maximum absolute atomic E-state index is 14.4. The van der Waals surface area contributed by atoms with Crippen molar-refractivity contribution < 1.29 is 47.4 Å². The lowest BCUT2D eigenvalue weighted by Crippen LogP contribution is -2.56. The van der Waals surface area contributed by atoms with Crippen molar-refractivity contribution in [2.24, 2.45) is 0 Å². The van der Waals surface area contributed by atoms with Crippen LogP contribution in [0.15, 0.2) is 24.3 Å². The summed E-state index contributed by atoms with van der Waals surface area (Å²) in [4.78, 5) is 86.8. The van der Waals surface area contributed by atoms with Crippen LogP contribution in [-0.4, -0.2) is 126 Å². The smallest absolute Gasteiger partial charge is 0.409 e. The summed E-state index contributed by atoms with van der Waals surface area (Å²) in [6, 6.07) is 3.36. The van der Waals surface area contributed by atoms with Gasteiger partial charge in [0.2, 0.25) is 11.8 Å². The standard InChI is InChI=1S/C35H45FN6O9/c1-3-49-31(44)13-12-26(34(47)40-15-17-41(18-16-40)35(48)50-4-2)39-32(45)27-20-29(24-19-22(36)10-11-25(24)38-27)51-21-30(43)42-14-6-9-28(42)33(46)37-23-7-5-8-23/h10-11,19-20,23,26,28H,3-9,12-18,21H2,1-2H3,(H,37,46)(H,39,45). The molecule has 1 aromatic heterocycles. The van der Waals surface area contributed by atoms with Gasteiger partial charge >= 0.3 is 12.1 Å². The molecule has 5 amide bonds. The lowest BCUT2D eigenvalue weighted by Gasteiger charge is -2.36. The van der Waals surface area contributed by atoms with Crippen molar-refractivity contribution in [2.75, 3.05) is 52.5 Å². The van der Waals surface area contributed by atoms with Gasteiger partial charge in [-0.1, -0.05) is 0 Å². The Labute approximate surface area is 295 Å². The third-order valence-corrected chi connectivity index (χ3v) is 9.31. The zero-order valence-electron chi connectivity index (χ0n) is 29.0. The summed E-state index contributed by atoms with van der Waals surface area (Å²) >= 11 is 0. The van der Waals surface area contributed by atoms with Crippen LogP contribution in [0.2, 0.25) is 0 Å². The fourth-order valence-corrected chi connectivity index (χ4v) is 6.34. The average Bonchev–Trinajstić information content (AvgIpc) is 3.61. The zero-order chi connectivity index (χ0) is 36.5. The number of hydrogen-bond donors (Lipinski definition) is 2. The molecule has 3 heterocycles. The summed E-state index contributed by atoms with van der Waals surface area (Å²) < 4.78 is 30.3. The first-order valence-corrected chi connectivity index (χ1v) is 17.6. The molecule has 3 fully saturated rings. The number of fused-ring (bicyclic) bond motifs is 1. The third kappa shape index (κ3) is 9.41. The molecule has 2 atom stereocenters. The lowest BCUT2D eigenvalue weighted by molar-refractivity contribution is -0.143. The molecule has 2 aromatic rings. The largest absolute Gasteiger partial charge is 0.483 e. The van der Waals surface area contributed by atoms with E-state index in [-0.39, 0.29) is 86.5 Å². The Kier molecular flexibility index (Phi) is 12.6. The highest BCUT2D eigenvalue weighted by Crippen LogP contribution is 2.28. The number of amides is 5. The van der Waals surface area contributed by atoms with Crippen molar-refractivity contribution >= 4 is 46.6 Å². The minimum absolute atomic E-state index is 0.0113. The van der Waals surface area contributed by atoms with E-state index in [2.05, 4.69) is 15.6 Å². The van der Waals surface area contributed by atoms with E-state index in [1.54, 1.807) is 13.8 Å². The predicted molar refractivity (Wildman–Crippen MR) is 180 cm³/mol. The van der Waals surface area contributed by atoms with Crippen molar-refractivity contribution in [1.82, 2.24) is 30.3 Å². The van der Waals surface area contributed by atoms with Gasteiger partial charge in [0, 0.05) is 56.6 Å². The van der Waals surface area contributed by atoms with Gasteiger partial charge in [-0.2, -0.15) is 0 Å². The van der Waals surface area contributed by atoms with Crippen LogP contribution in [0.1, 0.15) is 69.3 Å². The summed E-state index contributed by atoms with van der Waals surface area (Å²) in [6.45, 7) is 4.50. The number of carbonyl (C=O) groups excluding carboxylic acids is 6. The molecule has 0 spiro atoms. The normalized spacial score (nSPS) is 18.1. The molecular formula is C35H45FN6O9. The van der Waals surface area contributed by atoms with E-state index < -0.39 is 54.3 Å². The topological polar surface area (TPSA) is 177 Å². The highest BCUT2D eigenvalue weighted by Gasteiger charge is 2.36. The van der Waals surface area contributed by atoms with Gasteiger partial charge in [-0.15, -0.1) is 0 Å². The van der Waals surface area contributed by atoms with Crippen molar-refractivity contribution in [2.45, 2.75) is 76.9 Å². The van der Waals surface area contributed by atoms with Crippen molar-refractivity contribution in [1.29, 1.82) is 0 Å². The minimum atomic E-state index is -1.15. The first-order chi connectivity index (χ1) is 24.6. The maximum atomic E-state index is 14.4. The molecule has 2 aliphatic heterocycles. The highest BCUT2D eigenvalue weighted by molar-refractivity contribution is 5.99. The van der Waals surface area contributed by atoms with Gasteiger partial charge in [-0.05, 0) is 70.6 Å². The number of carbonyl (C=O) groups is 6. The predicted octanol–water partition coefficient (Wildman–Crippen LogP) is 2.15. The number of aromatic nitrogens is 1. The van der Waals surface area contributed by atoms with Crippen molar-refractivity contribution in [3.05, 3.63) is 35.8 Å². The molecule has 1 aromatic carbocycles. The van der Waals surface area contributed by atoms with E-state index in [0.29, 0.717) is 19.4 Å². The molecule has 15 nitrogen and oxygen atoms in total. The number of nitrogens with zero attached hydrogens (tertiary/aromatic N) is 4. The Morgan fingerprint density at radius 3 is 2.33 bits per heavy atom. The van der Waals surface area contributed by atoms with Crippen LogP contribution >= 0.6 is 0 Å². The highest BCUT2D eigenvalue weighted by atomic mass is 19.1. The van der Waals surface area contributed by atoms with Crippen molar-refractivity contribution in [3.63, 3.8) is 0 Å². The number of benzene rings is 1. The Morgan fingerprint density at radius 2 is 1.65 bits per heavy atom. The van der Waals surface area contributed by atoms with Crippen LogP contribution in [-0.2, 0) is 28.7 Å². The van der Waals surface area contributed by atoms with Crippen LogP contribution in [0.3, 0.4) is 0 Å². The molecule has 276 valence electrons. The second-order valence-electron chi connectivity index (χ2n) is 12.7. The monoisotopic (exact) mass is 712 g/mol. The number of likely N-dealkylation sites (tertiary alicyclic amines) is 1. The molecule has 0 bridgehead atoms. The lowest BCUT2D eigenvalue weighted by atomic mass is 9.93. The Balaban J connectivity index is 1.30. The van der Waals surface area contributed by atoms with Crippen molar-refractivity contribution in [3.8, 4) is 5.75 Å². The minimum Gasteiger partial charge on any atom is -0.483 e. The number of pyridine rings is 1.